The van der Waals surface area contributed by atoms with E-state index in [9.17, 15) is 9.59 Å². The third-order valence-corrected chi connectivity index (χ3v) is 3.61. The van der Waals surface area contributed by atoms with Gasteiger partial charge in [-0.1, -0.05) is 18.2 Å². The Bertz CT molecular complexity index is 779. The van der Waals surface area contributed by atoms with Gasteiger partial charge in [0.15, 0.2) is 0 Å². The van der Waals surface area contributed by atoms with E-state index < -0.39 is 17.2 Å². The summed E-state index contributed by atoms with van der Waals surface area (Å²) >= 11 is 0. The molecule has 2 aromatic rings. The van der Waals surface area contributed by atoms with Gasteiger partial charge in [0, 0.05) is 18.9 Å². The van der Waals surface area contributed by atoms with Crippen molar-refractivity contribution in [1.29, 1.82) is 5.26 Å². The highest BCUT2D eigenvalue weighted by Gasteiger charge is 2.36. The van der Waals surface area contributed by atoms with Crippen molar-refractivity contribution in [2.24, 2.45) is 5.41 Å². The first kappa shape index (κ1) is 17.2. The molecule has 1 aromatic heterocycles. The number of pyridine rings is 1. The molecular formula is C18H18N4O2. The molecule has 0 bridgehead atoms. The number of aromatic nitrogens is 1. The van der Waals surface area contributed by atoms with Gasteiger partial charge in [-0.15, -0.1) is 0 Å². The van der Waals surface area contributed by atoms with Gasteiger partial charge in [0.2, 0.25) is 11.8 Å². The predicted molar refractivity (Wildman–Crippen MR) is 89.7 cm³/mol. The van der Waals surface area contributed by atoms with Crippen molar-refractivity contribution in [3.63, 3.8) is 0 Å². The van der Waals surface area contributed by atoms with Gasteiger partial charge in [-0.3, -0.25) is 14.6 Å². The maximum absolute atomic E-state index is 12.5. The molecule has 1 aromatic carbocycles. The molecule has 0 spiro atoms. The van der Waals surface area contributed by atoms with Crippen LogP contribution in [0.25, 0.3) is 0 Å². The molecule has 2 N–H and O–H groups in total. The van der Waals surface area contributed by atoms with E-state index in [1.165, 1.54) is 13.8 Å². The van der Waals surface area contributed by atoms with Crippen molar-refractivity contribution in [1.82, 2.24) is 10.3 Å². The Labute approximate surface area is 140 Å². The molecule has 122 valence electrons. The average molecular weight is 322 g/mol. The second-order valence-electron chi connectivity index (χ2n) is 5.78. The van der Waals surface area contributed by atoms with Crippen molar-refractivity contribution in [2.45, 2.75) is 20.4 Å². The zero-order chi connectivity index (χ0) is 17.6. The highest BCUT2D eigenvalue weighted by atomic mass is 16.2. The van der Waals surface area contributed by atoms with Crippen LogP contribution in [0.15, 0.2) is 48.8 Å². The fourth-order valence-corrected chi connectivity index (χ4v) is 1.98. The van der Waals surface area contributed by atoms with Crippen LogP contribution in [0.2, 0.25) is 0 Å². The Morgan fingerprint density at radius 1 is 1.17 bits per heavy atom. The first-order valence-electron chi connectivity index (χ1n) is 7.43. The van der Waals surface area contributed by atoms with Crippen molar-refractivity contribution in [3.05, 3.63) is 59.9 Å². The maximum Gasteiger partial charge on any atom is 0.239 e. The van der Waals surface area contributed by atoms with Crippen LogP contribution < -0.4 is 10.6 Å². The molecule has 0 aliphatic carbocycles. The lowest BCUT2D eigenvalue weighted by Gasteiger charge is -2.23. The standard InChI is InChI=1S/C18H18N4O2/c1-18(2,16(23)21-12-13-6-5-9-20-11-13)17(24)22-15-8-4-3-7-14(15)10-19/h3-9,11H,12H2,1-2H3,(H,21,23)(H,22,24). The SMILES string of the molecule is CC(C)(C(=O)NCc1cccnc1)C(=O)Nc1ccccc1C#N. The van der Waals surface area contributed by atoms with Crippen molar-refractivity contribution in [3.8, 4) is 6.07 Å². The number of carbonyl (C=O) groups is 2. The summed E-state index contributed by atoms with van der Waals surface area (Å²) < 4.78 is 0. The van der Waals surface area contributed by atoms with Crippen LogP contribution in [0.3, 0.4) is 0 Å². The highest BCUT2D eigenvalue weighted by Crippen LogP contribution is 2.21. The smallest absolute Gasteiger partial charge is 0.239 e. The average Bonchev–Trinajstić information content (AvgIpc) is 2.60. The molecule has 0 unspecified atom stereocenters. The first-order valence-corrected chi connectivity index (χ1v) is 7.43. The number of para-hydroxylation sites is 1. The molecule has 0 saturated carbocycles. The highest BCUT2D eigenvalue weighted by molar-refractivity contribution is 6.10. The molecule has 2 amide bonds. The third kappa shape index (κ3) is 3.96. The van der Waals surface area contributed by atoms with E-state index in [0.29, 0.717) is 11.3 Å². The number of anilines is 1. The molecule has 6 nitrogen and oxygen atoms in total. The van der Waals surface area contributed by atoms with Crippen molar-refractivity contribution >= 4 is 17.5 Å². The Hall–Kier alpha value is -3.20. The number of carbonyl (C=O) groups excluding carboxylic acids is 2. The molecule has 1 heterocycles. The van der Waals surface area contributed by atoms with Gasteiger partial charge >= 0.3 is 0 Å². The largest absolute Gasteiger partial charge is 0.351 e. The summed E-state index contributed by atoms with van der Waals surface area (Å²) in [6.07, 6.45) is 3.30. The van der Waals surface area contributed by atoms with Gasteiger partial charge in [-0.05, 0) is 37.6 Å². The van der Waals surface area contributed by atoms with Crippen LogP contribution in [0.4, 0.5) is 5.69 Å². The topological polar surface area (TPSA) is 94.9 Å². The molecule has 24 heavy (non-hydrogen) atoms. The molecular weight excluding hydrogens is 304 g/mol. The second kappa shape index (κ2) is 7.38. The van der Waals surface area contributed by atoms with E-state index in [4.69, 9.17) is 5.26 Å². The van der Waals surface area contributed by atoms with Gasteiger partial charge in [-0.25, -0.2) is 0 Å². The van der Waals surface area contributed by atoms with Crippen LogP contribution in [-0.4, -0.2) is 16.8 Å². The summed E-state index contributed by atoms with van der Waals surface area (Å²) in [5.41, 5.74) is 0.289. The van der Waals surface area contributed by atoms with E-state index in [2.05, 4.69) is 15.6 Å². The lowest BCUT2D eigenvalue weighted by molar-refractivity contribution is -0.138. The summed E-state index contributed by atoms with van der Waals surface area (Å²) in [6, 6.07) is 12.3. The fraction of sp³-hybridized carbons (Fsp3) is 0.222. The summed E-state index contributed by atoms with van der Waals surface area (Å²) in [5, 5.41) is 14.4. The molecule has 6 heteroatoms. The van der Waals surface area contributed by atoms with E-state index in [1.807, 2.05) is 12.1 Å². The number of nitrogens with one attached hydrogen (secondary N) is 2. The van der Waals surface area contributed by atoms with Crippen LogP contribution in [0.5, 0.6) is 0 Å². The number of nitriles is 1. The Balaban J connectivity index is 2.04. The van der Waals surface area contributed by atoms with Crippen LogP contribution in [0, 0.1) is 16.7 Å². The van der Waals surface area contributed by atoms with E-state index in [1.54, 1.807) is 42.7 Å². The van der Waals surface area contributed by atoms with Gasteiger partial charge in [0.05, 0.1) is 11.3 Å². The van der Waals surface area contributed by atoms with Crippen molar-refractivity contribution in [2.75, 3.05) is 5.32 Å². The third-order valence-electron chi connectivity index (χ3n) is 3.61. The molecule has 0 aliphatic rings. The van der Waals surface area contributed by atoms with E-state index >= 15 is 0 Å². The molecule has 0 saturated heterocycles. The van der Waals surface area contributed by atoms with E-state index in [0.717, 1.165) is 5.56 Å². The van der Waals surface area contributed by atoms with Crippen LogP contribution in [-0.2, 0) is 16.1 Å². The summed E-state index contributed by atoms with van der Waals surface area (Å²) in [5.74, 6) is -0.882. The minimum atomic E-state index is -1.29. The maximum atomic E-state index is 12.5. The minimum Gasteiger partial charge on any atom is -0.351 e. The molecule has 0 radical (unpaired) electrons. The summed E-state index contributed by atoms with van der Waals surface area (Å²) in [4.78, 5) is 28.8. The Kier molecular flexibility index (Phi) is 5.27. The normalized spacial score (nSPS) is 10.5. The number of nitrogens with zero attached hydrogens (tertiary/aromatic N) is 2. The van der Waals surface area contributed by atoms with Crippen LogP contribution in [0.1, 0.15) is 25.0 Å². The lowest BCUT2D eigenvalue weighted by Crippen LogP contribution is -2.45. The number of benzene rings is 1. The number of amides is 2. The second-order valence-corrected chi connectivity index (χ2v) is 5.78. The first-order chi connectivity index (χ1) is 11.4. The van der Waals surface area contributed by atoms with Crippen LogP contribution >= 0.6 is 0 Å². The van der Waals surface area contributed by atoms with E-state index in [-0.39, 0.29) is 6.54 Å². The predicted octanol–water partition coefficient (Wildman–Crippen LogP) is 2.23. The monoisotopic (exact) mass is 322 g/mol. The van der Waals surface area contributed by atoms with Crippen molar-refractivity contribution < 1.29 is 9.59 Å². The summed E-state index contributed by atoms with van der Waals surface area (Å²) in [7, 11) is 0. The molecule has 0 fully saturated rings. The van der Waals surface area contributed by atoms with Gasteiger partial charge in [-0.2, -0.15) is 5.26 Å². The quantitative estimate of drug-likeness (QED) is 0.825. The van der Waals surface area contributed by atoms with Gasteiger partial charge in [0.25, 0.3) is 0 Å². The summed E-state index contributed by atoms with van der Waals surface area (Å²) in [6.45, 7) is 3.37. The number of hydrogen-bond donors (Lipinski definition) is 2. The minimum absolute atomic E-state index is 0.290. The molecule has 0 aliphatic heterocycles. The number of hydrogen-bond acceptors (Lipinski definition) is 4. The Morgan fingerprint density at radius 2 is 1.92 bits per heavy atom. The zero-order valence-corrected chi connectivity index (χ0v) is 13.5. The van der Waals surface area contributed by atoms with Gasteiger partial charge in [0.1, 0.15) is 11.5 Å². The van der Waals surface area contributed by atoms with Gasteiger partial charge < -0.3 is 10.6 Å². The zero-order valence-electron chi connectivity index (χ0n) is 13.5. The Morgan fingerprint density at radius 3 is 2.58 bits per heavy atom. The fourth-order valence-electron chi connectivity index (χ4n) is 1.98. The number of rotatable bonds is 5. The molecule has 2 rings (SSSR count). The molecule has 0 atom stereocenters. The lowest BCUT2D eigenvalue weighted by atomic mass is 9.90.